The second-order valence-corrected chi connectivity index (χ2v) is 11.8. The number of rotatable bonds is 18. The van der Waals surface area contributed by atoms with E-state index in [0.29, 0.717) is 0 Å². The lowest BCUT2D eigenvalue weighted by Gasteiger charge is -2.25. The van der Waals surface area contributed by atoms with Gasteiger partial charge in [0.25, 0.3) is 5.69 Å². The second-order valence-electron chi connectivity index (χ2n) is 11.8. The summed E-state index contributed by atoms with van der Waals surface area (Å²) in [7, 11) is 0. The molecule has 0 spiro atoms. The number of hydrogen-bond acceptors (Lipinski definition) is 8. The number of benzene rings is 3. The normalized spacial score (nSPS) is 12.8. The Morgan fingerprint density at radius 2 is 1.41 bits per heavy atom. The molecule has 3 aromatic rings. The van der Waals surface area contributed by atoms with E-state index in [4.69, 9.17) is 10.5 Å². The first-order valence-electron chi connectivity index (χ1n) is 15.8. The van der Waals surface area contributed by atoms with E-state index in [1.54, 1.807) is 36.4 Å². The Kier molecular flexibility index (Phi) is 14.6. The molecular weight excluding hydrogens is 630 g/mol. The average Bonchev–Trinajstić information content (AvgIpc) is 3.08. The molecule has 0 fully saturated rings. The van der Waals surface area contributed by atoms with Gasteiger partial charge >= 0.3 is 6.09 Å². The summed E-state index contributed by atoms with van der Waals surface area (Å²) in [5.41, 5.74) is 6.88. The maximum atomic E-state index is 13.7. The van der Waals surface area contributed by atoms with E-state index in [-0.39, 0.29) is 49.5 Å². The summed E-state index contributed by atoms with van der Waals surface area (Å²) in [6.45, 7) is 3.78. The first-order chi connectivity index (χ1) is 23.4. The van der Waals surface area contributed by atoms with Crippen LogP contribution in [0.2, 0.25) is 0 Å². The molecule has 0 radical (unpaired) electrons. The molecule has 0 aromatic heterocycles. The minimum absolute atomic E-state index is 0.00294. The molecule has 3 aromatic carbocycles. The molecule has 3 atom stereocenters. The number of carbonyl (C=O) groups is 5. The first kappa shape index (κ1) is 37.6. The van der Waals surface area contributed by atoms with Crippen molar-refractivity contribution in [2.75, 3.05) is 0 Å². The summed E-state index contributed by atoms with van der Waals surface area (Å²) >= 11 is 0. The van der Waals surface area contributed by atoms with Gasteiger partial charge in [0, 0.05) is 36.6 Å². The topological polar surface area (TPSA) is 200 Å². The van der Waals surface area contributed by atoms with Crippen LogP contribution in [0.3, 0.4) is 0 Å². The molecule has 3 rings (SSSR count). The molecule has 0 bridgehead atoms. The summed E-state index contributed by atoms with van der Waals surface area (Å²) in [5.74, 6) is -2.30. The zero-order chi connectivity index (χ0) is 35.8. The van der Waals surface area contributed by atoms with E-state index >= 15 is 0 Å². The van der Waals surface area contributed by atoms with Gasteiger partial charge in [0.1, 0.15) is 18.7 Å². The lowest BCUT2D eigenvalue weighted by atomic mass is 10.0. The van der Waals surface area contributed by atoms with Gasteiger partial charge in [-0.15, -0.1) is 0 Å². The minimum atomic E-state index is -1.11. The zero-order valence-corrected chi connectivity index (χ0v) is 27.4. The third-order valence-electron chi connectivity index (χ3n) is 7.32. The Morgan fingerprint density at radius 3 is 1.98 bits per heavy atom. The largest absolute Gasteiger partial charge is 0.445 e. The number of nitro groups is 1. The van der Waals surface area contributed by atoms with Crippen molar-refractivity contribution in [1.82, 2.24) is 16.0 Å². The summed E-state index contributed by atoms with van der Waals surface area (Å²) in [5, 5.41) is 19.1. The first-order valence-corrected chi connectivity index (χ1v) is 15.8. The van der Waals surface area contributed by atoms with E-state index in [2.05, 4.69) is 16.0 Å². The maximum Gasteiger partial charge on any atom is 0.408 e. The lowest BCUT2D eigenvalue weighted by Crippen LogP contribution is -2.55. The van der Waals surface area contributed by atoms with Crippen LogP contribution in [0.15, 0.2) is 97.1 Å². The number of allylic oxidation sites excluding steroid dienone is 1. The highest BCUT2D eigenvalue weighted by Gasteiger charge is 2.29. The van der Waals surface area contributed by atoms with Crippen LogP contribution >= 0.6 is 0 Å². The highest BCUT2D eigenvalue weighted by Crippen LogP contribution is 2.14. The van der Waals surface area contributed by atoms with Gasteiger partial charge in [-0.1, -0.05) is 80.6 Å². The van der Waals surface area contributed by atoms with Gasteiger partial charge < -0.3 is 26.4 Å². The van der Waals surface area contributed by atoms with Crippen molar-refractivity contribution in [3.8, 4) is 0 Å². The summed E-state index contributed by atoms with van der Waals surface area (Å²) in [4.78, 5) is 74.8. The highest BCUT2D eigenvalue weighted by molar-refractivity contribution is 6.04. The number of nitrogens with one attached hydrogen (secondary N) is 3. The number of primary amides is 1. The molecule has 0 aliphatic heterocycles. The van der Waals surface area contributed by atoms with Crippen LogP contribution in [0.1, 0.15) is 54.6 Å². The van der Waals surface area contributed by atoms with E-state index in [1.165, 1.54) is 36.4 Å². The molecule has 13 nitrogen and oxygen atoms in total. The molecule has 258 valence electrons. The Bertz CT molecular complexity index is 1610. The van der Waals surface area contributed by atoms with E-state index in [9.17, 15) is 34.1 Å². The highest BCUT2D eigenvalue weighted by atomic mass is 16.6. The molecule has 49 heavy (non-hydrogen) atoms. The molecule has 0 unspecified atom stereocenters. The Hall–Kier alpha value is -5.85. The summed E-state index contributed by atoms with van der Waals surface area (Å²) < 4.78 is 5.32. The van der Waals surface area contributed by atoms with Crippen LogP contribution in [0.4, 0.5) is 10.5 Å². The van der Waals surface area contributed by atoms with Crippen molar-refractivity contribution in [2.24, 2.45) is 11.7 Å². The molecule has 4 amide bonds. The Balaban J connectivity index is 1.78. The van der Waals surface area contributed by atoms with Crippen molar-refractivity contribution in [3.05, 3.63) is 124 Å². The van der Waals surface area contributed by atoms with Gasteiger partial charge in [0.2, 0.25) is 17.7 Å². The molecule has 0 saturated heterocycles. The number of ketones is 1. The summed E-state index contributed by atoms with van der Waals surface area (Å²) in [6, 6.07) is 20.1. The van der Waals surface area contributed by atoms with Crippen LogP contribution in [0, 0.1) is 16.0 Å². The Labute approximate surface area is 284 Å². The molecule has 0 saturated carbocycles. The van der Waals surface area contributed by atoms with Crippen LogP contribution in [-0.4, -0.2) is 52.6 Å². The zero-order valence-electron chi connectivity index (χ0n) is 27.4. The number of nitro benzene ring substituents is 1. The second kappa shape index (κ2) is 19.1. The summed E-state index contributed by atoms with van der Waals surface area (Å²) in [6.07, 6.45) is 2.12. The number of carbonyl (C=O) groups excluding carboxylic acids is 5. The fraction of sp³-hybridized carbons (Fsp3) is 0.306. The standard InChI is InChI=1S/C36H41N5O8/c1-24(2)21-30(40-36(46)49-23-26-11-7-4-8-12-26)35(45)39-31(22-25-9-5-3-6-10-25)34(44)38-28(16-20-33(37)43)15-19-32(42)27-13-17-29(18-14-27)41(47)48/h3-15,17-19,24,28,30-31H,16,20-23H2,1-2H3,(H2,37,43)(H,38,44)(H,39,45)(H,40,46)/b19-15+/t28-,30+,31+/m1/s1. The van der Waals surface area contributed by atoms with Crippen molar-refractivity contribution >= 4 is 35.3 Å². The fourth-order valence-electron chi connectivity index (χ4n) is 4.79. The monoisotopic (exact) mass is 671 g/mol. The SMILES string of the molecule is CC(C)C[C@H](NC(=O)OCc1ccccc1)C(=O)N[C@@H](Cc1ccccc1)C(=O)N[C@H](/C=C/C(=O)c1ccc([N+](=O)[O-])cc1)CCC(N)=O. The van der Waals surface area contributed by atoms with Gasteiger partial charge in [-0.25, -0.2) is 4.79 Å². The molecule has 0 heterocycles. The Morgan fingerprint density at radius 1 is 0.816 bits per heavy atom. The molecule has 0 aliphatic carbocycles. The van der Waals surface area contributed by atoms with Gasteiger partial charge in [0.05, 0.1) is 4.92 Å². The smallest absolute Gasteiger partial charge is 0.408 e. The minimum Gasteiger partial charge on any atom is -0.445 e. The number of ether oxygens (including phenoxy) is 1. The lowest BCUT2D eigenvalue weighted by molar-refractivity contribution is -0.384. The third kappa shape index (κ3) is 13.4. The quantitative estimate of drug-likeness (QED) is 0.0669. The van der Waals surface area contributed by atoms with E-state index in [1.807, 2.05) is 38.1 Å². The van der Waals surface area contributed by atoms with Crippen molar-refractivity contribution < 1.29 is 33.6 Å². The van der Waals surface area contributed by atoms with Crippen molar-refractivity contribution in [1.29, 1.82) is 0 Å². The van der Waals surface area contributed by atoms with Gasteiger partial charge in [0.15, 0.2) is 5.78 Å². The van der Waals surface area contributed by atoms with Crippen LogP contribution in [0.5, 0.6) is 0 Å². The number of alkyl carbamates (subject to hydrolysis) is 1. The molecule has 13 heteroatoms. The molecule has 5 N–H and O–H groups in total. The van der Waals surface area contributed by atoms with Crippen LogP contribution in [-0.2, 0) is 32.1 Å². The number of hydrogen-bond donors (Lipinski definition) is 4. The van der Waals surface area contributed by atoms with Gasteiger partial charge in [-0.3, -0.25) is 29.3 Å². The predicted octanol–water partition coefficient (Wildman–Crippen LogP) is 4.15. The number of nitrogens with two attached hydrogens (primary N) is 1. The maximum absolute atomic E-state index is 13.7. The van der Waals surface area contributed by atoms with Gasteiger partial charge in [-0.2, -0.15) is 0 Å². The van der Waals surface area contributed by atoms with E-state index in [0.717, 1.165) is 11.1 Å². The van der Waals surface area contributed by atoms with Gasteiger partial charge in [-0.05, 0) is 48.1 Å². The van der Waals surface area contributed by atoms with Crippen LogP contribution in [0.25, 0.3) is 0 Å². The molecule has 0 aliphatic rings. The fourth-order valence-corrected chi connectivity index (χ4v) is 4.79. The number of non-ortho nitro benzene ring substituents is 1. The number of nitrogens with zero attached hydrogens (tertiary/aromatic N) is 1. The average molecular weight is 672 g/mol. The van der Waals surface area contributed by atoms with E-state index < -0.39 is 52.6 Å². The molecular formula is C36H41N5O8. The predicted molar refractivity (Wildman–Crippen MR) is 182 cm³/mol. The third-order valence-corrected chi connectivity index (χ3v) is 7.32. The number of amides is 4. The van der Waals surface area contributed by atoms with Crippen molar-refractivity contribution in [3.63, 3.8) is 0 Å². The van der Waals surface area contributed by atoms with Crippen molar-refractivity contribution in [2.45, 2.75) is 64.3 Å². The van der Waals surface area contributed by atoms with Crippen LogP contribution < -0.4 is 21.7 Å².